The fraction of sp³-hybridized carbons (Fsp3) is 0.435. The van der Waals surface area contributed by atoms with E-state index in [0.717, 1.165) is 12.1 Å². The van der Waals surface area contributed by atoms with Crippen molar-refractivity contribution in [3.63, 3.8) is 0 Å². The minimum Gasteiger partial charge on any atom is -0.378 e. The Morgan fingerprint density at radius 1 is 1.06 bits per heavy atom. The minimum absolute atomic E-state index is 0.00731. The molecular formula is C23H28F3N3O4S. The van der Waals surface area contributed by atoms with Gasteiger partial charge >= 0.3 is 6.18 Å². The average Bonchev–Trinajstić information content (AvgIpc) is 2.83. The second kappa shape index (κ2) is 10.7. The normalized spacial score (nSPS) is 14.9. The summed E-state index contributed by atoms with van der Waals surface area (Å²) in [5.74, 6) is -0.516. The van der Waals surface area contributed by atoms with Crippen LogP contribution in [0, 0.1) is 0 Å². The van der Waals surface area contributed by atoms with Crippen LogP contribution < -0.4 is 10.2 Å². The van der Waals surface area contributed by atoms with E-state index in [1.165, 1.54) is 28.6 Å². The van der Waals surface area contributed by atoms with Crippen LogP contribution in [0.2, 0.25) is 0 Å². The predicted octanol–water partition coefficient (Wildman–Crippen LogP) is 3.50. The molecule has 0 aliphatic carbocycles. The highest BCUT2D eigenvalue weighted by molar-refractivity contribution is 7.89. The van der Waals surface area contributed by atoms with Gasteiger partial charge in [-0.2, -0.15) is 17.5 Å². The lowest BCUT2D eigenvalue weighted by atomic mass is 10.1. The van der Waals surface area contributed by atoms with E-state index in [1.54, 1.807) is 19.9 Å². The van der Waals surface area contributed by atoms with Crippen LogP contribution in [-0.4, -0.2) is 58.0 Å². The van der Waals surface area contributed by atoms with E-state index in [4.69, 9.17) is 4.74 Å². The number of morpholine rings is 1. The Morgan fingerprint density at radius 2 is 1.68 bits per heavy atom. The van der Waals surface area contributed by atoms with Gasteiger partial charge in [-0.25, -0.2) is 8.42 Å². The highest BCUT2D eigenvalue weighted by Crippen LogP contribution is 2.29. The maximum Gasteiger partial charge on any atom is 0.416 e. The van der Waals surface area contributed by atoms with E-state index in [2.05, 4.69) is 5.32 Å². The Bertz CT molecular complexity index is 1100. The van der Waals surface area contributed by atoms with Crippen molar-refractivity contribution in [1.29, 1.82) is 0 Å². The van der Waals surface area contributed by atoms with Gasteiger partial charge in [0, 0.05) is 38.4 Å². The molecule has 34 heavy (non-hydrogen) atoms. The number of hydrogen-bond acceptors (Lipinski definition) is 5. The zero-order valence-corrected chi connectivity index (χ0v) is 19.9. The summed E-state index contributed by atoms with van der Waals surface area (Å²) in [6, 6.07) is 8.98. The molecule has 11 heteroatoms. The van der Waals surface area contributed by atoms with E-state index in [1.807, 2.05) is 4.90 Å². The van der Waals surface area contributed by atoms with Gasteiger partial charge in [-0.1, -0.05) is 26.0 Å². The SMILES string of the molecule is CCN(CC)S(=O)(=O)c1ccc(N2CCOCC2)c(C(=O)NCc2ccc(C(F)(F)F)cc2)c1. The maximum atomic E-state index is 13.1. The fourth-order valence-electron chi connectivity index (χ4n) is 3.74. The molecule has 7 nitrogen and oxygen atoms in total. The predicted molar refractivity (Wildman–Crippen MR) is 122 cm³/mol. The fourth-order valence-corrected chi connectivity index (χ4v) is 5.22. The van der Waals surface area contributed by atoms with Crippen molar-refractivity contribution in [3.8, 4) is 0 Å². The van der Waals surface area contributed by atoms with Crippen LogP contribution in [0.1, 0.15) is 35.3 Å². The summed E-state index contributed by atoms with van der Waals surface area (Å²) in [4.78, 5) is 15.1. The number of sulfonamides is 1. The molecule has 0 bridgehead atoms. The molecule has 1 aliphatic heterocycles. The molecule has 1 aliphatic rings. The minimum atomic E-state index is -4.44. The zero-order valence-electron chi connectivity index (χ0n) is 19.1. The highest BCUT2D eigenvalue weighted by Gasteiger charge is 2.30. The van der Waals surface area contributed by atoms with E-state index in [-0.39, 0.29) is 17.0 Å². The Kier molecular flexibility index (Phi) is 8.21. The second-order valence-electron chi connectivity index (χ2n) is 7.75. The molecule has 0 atom stereocenters. The summed E-state index contributed by atoms with van der Waals surface area (Å²) in [5.41, 5.74) is 0.474. The van der Waals surface area contributed by atoms with Crippen molar-refractivity contribution in [2.24, 2.45) is 0 Å². The number of alkyl halides is 3. The lowest BCUT2D eigenvalue weighted by Crippen LogP contribution is -2.38. The molecule has 0 radical (unpaired) electrons. The van der Waals surface area contributed by atoms with Crippen LogP contribution in [0.5, 0.6) is 0 Å². The third-order valence-electron chi connectivity index (χ3n) is 5.64. The molecule has 2 aromatic carbocycles. The molecule has 1 saturated heterocycles. The lowest BCUT2D eigenvalue weighted by Gasteiger charge is -2.30. The number of halogens is 3. The third-order valence-corrected chi connectivity index (χ3v) is 7.69. The highest BCUT2D eigenvalue weighted by atomic mass is 32.2. The molecule has 0 unspecified atom stereocenters. The molecule has 186 valence electrons. The molecule has 0 aromatic heterocycles. The first-order chi connectivity index (χ1) is 16.1. The van der Waals surface area contributed by atoms with Gasteiger partial charge in [0.1, 0.15) is 0 Å². The van der Waals surface area contributed by atoms with Gasteiger partial charge < -0.3 is 15.0 Å². The molecule has 1 N–H and O–H groups in total. The monoisotopic (exact) mass is 499 g/mol. The Hall–Kier alpha value is -2.63. The molecule has 1 heterocycles. The number of rotatable bonds is 8. The molecule has 0 spiro atoms. The second-order valence-corrected chi connectivity index (χ2v) is 9.68. The van der Waals surface area contributed by atoms with E-state index < -0.39 is 27.7 Å². The number of nitrogens with zero attached hydrogens (tertiary/aromatic N) is 2. The number of amides is 1. The van der Waals surface area contributed by atoms with Gasteiger partial charge in [0.05, 0.1) is 29.2 Å². The topological polar surface area (TPSA) is 79.0 Å². The van der Waals surface area contributed by atoms with Crippen LogP contribution >= 0.6 is 0 Å². The third kappa shape index (κ3) is 5.89. The van der Waals surface area contributed by atoms with Gasteiger partial charge in [0.2, 0.25) is 10.0 Å². The van der Waals surface area contributed by atoms with Gasteiger partial charge in [-0.15, -0.1) is 0 Å². The van der Waals surface area contributed by atoms with Gasteiger partial charge in [-0.05, 0) is 35.9 Å². The summed E-state index contributed by atoms with van der Waals surface area (Å²) >= 11 is 0. The van der Waals surface area contributed by atoms with Crippen molar-refractivity contribution < 1.29 is 31.1 Å². The molecule has 1 fully saturated rings. The van der Waals surface area contributed by atoms with Gasteiger partial charge in [-0.3, -0.25) is 4.79 Å². The summed E-state index contributed by atoms with van der Waals surface area (Å²) in [5, 5.41) is 2.70. The number of hydrogen-bond donors (Lipinski definition) is 1. The van der Waals surface area contributed by atoms with Gasteiger partial charge in [0.15, 0.2) is 0 Å². The van der Waals surface area contributed by atoms with Crippen LogP contribution in [0.3, 0.4) is 0 Å². The van der Waals surface area contributed by atoms with Crippen LogP contribution in [0.15, 0.2) is 47.4 Å². The first-order valence-corrected chi connectivity index (χ1v) is 12.4. The largest absolute Gasteiger partial charge is 0.416 e. The average molecular weight is 500 g/mol. The van der Waals surface area contributed by atoms with Crippen molar-refractivity contribution in [2.45, 2.75) is 31.5 Å². The van der Waals surface area contributed by atoms with Crippen molar-refractivity contribution in [1.82, 2.24) is 9.62 Å². The Labute approximate surface area is 197 Å². The number of benzene rings is 2. The summed E-state index contributed by atoms with van der Waals surface area (Å²) in [6.45, 7) is 6.09. The lowest BCUT2D eigenvalue weighted by molar-refractivity contribution is -0.137. The quantitative estimate of drug-likeness (QED) is 0.602. The van der Waals surface area contributed by atoms with Crippen LogP contribution in [0.25, 0.3) is 0 Å². The van der Waals surface area contributed by atoms with Gasteiger partial charge in [0.25, 0.3) is 5.91 Å². The number of ether oxygens (including phenoxy) is 1. The molecular weight excluding hydrogens is 471 g/mol. The number of nitrogens with one attached hydrogen (secondary N) is 1. The molecule has 2 aromatic rings. The van der Waals surface area contributed by atoms with Crippen LogP contribution in [0.4, 0.5) is 18.9 Å². The van der Waals surface area contributed by atoms with E-state index in [0.29, 0.717) is 50.6 Å². The number of carbonyl (C=O) groups is 1. The van der Waals surface area contributed by atoms with Crippen LogP contribution in [-0.2, 0) is 27.5 Å². The van der Waals surface area contributed by atoms with Crippen molar-refractivity contribution >= 4 is 21.6 Å². The Morgan fingerprint density at radius 3 is 2.24 bits per heavy atom. The summed E-state index contributed by atoms with van der Waals surface area (Å²) in [7, 11) is -3.79. The van der Waals surface area contributed by atoms with E-state index in [9.17, 15) is 26.4 Å². The zero-order chi connectivity index (χ0) is 24.9. The summed E-state index contributed by atoms with van der Waals surface area (Å²) in [6.07, 6.45) is -4.44. The van der Waals surface area contributed by atoms with E-state index >= 15 is 0 Å². The first kappa shape index (κ1) is 26.0. The smallest absolute Gasteiger partial charge is 0.378 e. The summed E-state index contributed by atoms with van der Waals surface area (Å²) < 4.78 is 71.1. The number of carbonyl (C=O) groups excluding carboxylic acids is 1. The maximum absolute atomic E-state index is 13.1. The number of anilines is 1. The molecule has 0 saturated carbocycles. The molecule has 1 amide bonds. The standard InChI is InChI=1S/C23H28F3N3O4S/c1-3-29(4-2)34(31,32)19-9-10-21(28-11-13-33-14-12-28)20(15-19)22(30)27-16-17-5-7-18(8-6-17)23(24,25)26/h5-10,15H,3-4,11-14,16H2,1-2H3,(H,27,30). The Balaban J connectivity index is 1.89. The first-order valence-electron chi connectivity index (χ1n) is 11.0. The van der Waals surface area contributed by atoms with Crippen molar-refractivity contribution in [2.75, 3.05) is 44.3 Å². The molecule has 3 rings (SSSR count). The van der Waals surface area contributed by atoms with Crippen molar-refractivity contribution in [3.05, 3.63) is 59.2 Å².